The molecule has 0 spiro atoms. The van der Waals surface area contributed by atoms with Crippen LogP contribution < -0.4 is 5.32 Å². The van der Waals surface area contributed by atoms with Gasteiger partial charge in [-0.2, -0.15) is 0 Å². The highest BCUT2D eigenvalue weighted by Crippen LogP contribution is 1.95. The van der Waals surface area contributed by atoms with Crippen LogP contribution in [0.25, 0.3) is 0 Å². The van der Waals surface area contributed by atoms with Gasteiger partial charge in [-0.15, -0.1) is 0 Å². The van der Waals surface area contributed by atoms with E-state index >= 15 is 0 Å². The number of carbonyl (C=O) groups is 3. The van der Waals surface area contributed by atoms with Crippen molar-refractivity contribution in [1.82, 2.24) is 10.2 Å². The number of carboxylic acids is 1. The molecule has 0 radical (unpaired) electrons. The molecule has 0 atom stereocenters. The maximum atomic E-state index is 11.0. The molecule has 0 aromatic heterocycles. The Labute approximate surface area is 91.7 Å². The molecule has 7 heteroatoms. The summed E-state index contributed by atoms with van der Waals surface area (Å²) in [5.41, 5.74) is 0. The van der Waals surface area contributed by atoms with E-state index in [0.717, 1.165) is 6.08 Å². The zero-order valence-electron chi connectivity index (χ0n) is 8.51. The molecule has 0 bridgehead atoms. The number of carboxylic acid groups (broad SMARTS) is 1. The fourth-order valence-corrected chi connectivity index (χ4v) is 1.17. The predicted octanol–water partition coefficient (Wildman–Crippen LogP) is -0.804. The minimum absolute atomic E-state index is 0.0518. The van der Waals surface area contributed by atoms with E-state index in [0.29, 0.717) is 25.7 Å². The Morgan fingerprint density at radius 2 is 2.25 bits per heavy atom. The molecule has 2 amide bonds. The Morgan fingerprint density at radius 1 is 1.50 bits per heavy atom. The number of amides is 2. The molecule has 1 aliphatic heterocycles. The van der Waals surface area contributed by atoms with Crippen LogP contribution in [-0.2, 0) is 14.3 Å². The van der Waals surface area contributed by atoms with Crippen molar-refractivity contribution < 1.29 is 24.2 Å². The predicted molar refractivity (Wildman–Crippen MR) is 52.7 cm³/mol. The second kappa shape index (κ2) is 5.74. The van der Waals surface area contributed by atoms with Crippen LogP contribution >= 0.6 is 0 Å². The molecule has 0 aromatic carbocycles. The van der Waals surface area contributed by atoms with E-state index in [1.54, 1.807) is 0 Å². The number of ether oxygens (including phenoxy) is 1. The molecule has 0 aliphatic carbocycles. The highest BCUT2D eigenvalue weighted by molar-refractivity contribution is 5.90. The third kappa shape index (κ3) is 3.99. The van der Waals surface area contributed by atoms with E-state index < -0.39 is 11.9 Å². The molecule has 16 heavy (non-hydrogen) atoms. The number of hydrogen-bond acceptors (Lipinski definition) is 4. The molecule has 2 N–H and O–H groups in total. The van der Waals surface area contributed by atoms with Crippen molar-refractivity contribution in [2.24, 2.45) is 0 Å². The average Bonchev–Trinajstić information content (AvgIpc) is 2.61. The van der Waals surface area contributed by atoms with Gasteiger partial charge in [0.05, 0.1) is 6.54 Å². The lowest BCUT2D eigenvalue weighted by Crippen LogP contribution is -2.31. The normalized spacial score (nSPS) is 15.2. The molecule has 1 heterocycles. The van der Waals surface area contributed by atoms with Crippen LogP contribution in [0.2, 0.25) is 0 Å². The van der Waals surface area contributed by atoms with E-state index in [4.69, 9.17) is 9.84 Å². The van der Waals surface area contributed by atoms with Crippen molar-refractivity contribution in [2.45, 2.75) is 0 Å². The zero-order valence-corrected chi connectivity index (χ0v) is 8.51. The molecule has 0 aromatic rings. The highest BCUT2D eigenvalue weighted by atomic mass is 16.5. The smallest absolute Gasteiger partial charge is 0.331 e. The first-order chi connectivity index (χ1) is 7.59. The Morgan fingerprint density at radius 3 is 2.81 bits per heavy atom. The summed E-state index contributed by atoms with van der Waals surface area (Å²) in [7, 11) is 0. The fraction of sp³-hybridized carbons (Fsp3) is 0.444. The van der Waals surface area contributed by atoms with Crippen LogP contribution in [0, 0.1) is 0 Å². The molecular weight excluding hydrogens is 216 g/mol. The molecule has 7 nitrogen and oxygen atoms in total. The lowest BCUT2D eigenvalue weighted by molar-refractivity contribution is -0.139. The molecule has 1 saturated heterocycles. The third-order valence-corrected chi connectivity index (χ3v) is 1.91. The third-order valence-electron chi connectivity index (χ3n) is 1.91. The summed E-state index contributed by atoms with van der Waals surface area (Å²) in [5.74, 6) is -1.95. The second-order valence-electron chi connectivity index (χ2n) is 3.06. The van der Waals surface area contributed by atoms with Gasteiger partial charge in [-0.3, -0.25) is 0 Å². The molecule has 88 valence electrons. The Kier molecular flexibility index (Phi) is 4.31. The van der Waals surface area contributed by atoms with Gasteiger partial charge in [0.15, 0.2) is 0 Å². The number of hydrogen-bond donors (Lipinski definition) is 2. The first kappa shape index (κ1) is 12.0. The maximum absolute atomic E-state index is 11.0. The summed E-state index contributed by atoms with van der Waals surface area (Å²) in [6.45, 7) is 1.53. The van der Waals surface area contributed by atoms with Crippen molar-refractivity contribution in [3.8, 4) is 0 Å². The lowest BCUT2D eigenvalue weighted by Gasteiger charge is -2.12. The van der Waals surface area contributed by atoms with Crippen molar-refractivity contribution >= 4 is 18.0 Å². The minimum atomic E-state index is -1.21. The summed E-state index contributed by atoms with van der Waals surface area (Å²) in [5, 5.41) is 10.8. The summed E-state index contributed by atoms with van der Waals surface area (Å²) < 4.78 is 4.69. The summed E-state index contributed by atoms with van der Waals surface area (Å²) in [4.78, 5) is 33.5. The van der Waals surface area contributed by atoms with Gasteiger partial charge in [0.2, 0.25) is 0 Å². The van der Waals surface area contributed by atoms with Gasteiger partial charge in [-0.1, -0.05) is 0 Å². The van der Waals surface area contributed by atoms with E-state index in [1.165, 1.54) is 4.90 Å². The van der Waals surface area contributed by atoms with Gasteiger partial charge in [-0.05, 0) is 0 Å². The van der Waals surface area contributed by atoms with Crippen LogP contribution in [0.3, 0.4) is 0 Å². The Hall–Kier alpha value is -2.05. The van der Waals surface area contributed by atoms with E-state index in [2.05, 4.69) is 5.32 Å². The molecule has 1 fully saturated rings. The van der Waals surface area contributed by atoms with E-state index in [1.807, 2.05) is 0 Å². The van der Waals surface area contributed by atoms with Gasteiger partial charge in [0.25, 0.3) is 0 Å². The summed E-state index contributed by atoms with van der Waals surface area (Å²) in [6, 6.07) is -0.183. The van der Waals surface area contributed by atoms with Crippen LogP contribution in [-0.4, -0.2) is 54.2 Å². The SMILES string of the molecule is O=C(O)/C=C/C(=O)OCCN1CCNC1=O. The van der Waals surface area contributed by atoms with Crippen molar-refractivity contribution in [1.29, 1.82) is 0 Å². The molecule has 0 unspecified atom stereocenters. The minimum Gasteiger partial charge on any atom is -0.478 e. The largest absolute Gasteiger partial charge is 0.478 e. The molecule has 0 saturated carbocycles. The van der Waals surface area contributed by atoms with Crippen LogP contribution in [0.5, 0.6) is 0 Å². The van der Waals surface area contributed by atoms with Crippen molar-refractivity contribution in [2.75, 3.05) is 26.2 Å². The van der Waals surface area contributed by atoms with Crippen LogP contribution in [0.4, 0.5) is 4.79 Å². The Balaban J connectivity index is 2.17. The number of urea groups is 1. The first-order valence-corrected chi connectivity index (χ1v) is 4.70. The topological polar surface area (TPSA) is 95.9 Å². The molecular formula is C9H12N2O5. The van der Waals surface area contributed by atoms with Crippen molar-refractivity contribution in [3.05, 3.63) is 12.2 Å². The van der Waals surface area contributed by atoms with Gasteiger partial charge in [0.1, 0.15) is 6.61 Å². The highest BCUT2D eigenvalue weighted by Gasteiger charge is 2.18. The van der Waals surface area contributed by atoms with E-state index in [9.17, 15) is 14.4 Å². The molecule has 1 aliphatic rings. The quantitative estimate of drug-likeness (QED) is 0.474. The number of nitrogens with one attached hydrogen (secondary N) is 1. The zero-order chi connectivity index (χ0) is 12.0. The van der Waals surface area contributed by atoms with E-state index in [-0.39, 0.29) is 12.6 Å². The number of aliphatic carboxylic acids is 1. The Bertz CT molecular complexity index is 326. The van der Waals surface area contributed by atoms with Crippen LogP contribution in [0.15, 0.2) is 12.2 Å². The first-order valence-electron chi connectivity index (χ1n) is 4.70. The average molecular weight is 228 g/mol. The monoisotopic (exact) mass is 228 g/mol. The number of rotatable bonds is 5. The summed E-state index contributed by atoms with van der Waals surface area (Å²) >= 11 is 0. The van der Waals surface area contributed by atoms with Gasteiger partial charge in [-0.25, -0.2) is 14.4 Å². The fourth-order valence-electron chi connectivity index (χ4n) is 1.17. The van der Waals surface area contributed by atoms with Crippen molar-refractivity contribution in [3.63, 3.8) is 0 Å². The number of nitrogens with zero attached hydrogens (tertiary/aromatic N) is 1. The maximum Gasteiger partial charge on any atom is 0.331 e. The number of esters is 1. The second-order valence-corrected chi connectivity index (χ2v) is 3.06. The standard InChI is InChI=1S/C9H12N2O5/c12-7(13)1-2-8(14)16-6-5-11-4-3-10-9(11)15/h1-2H,3-6H2,(H,10,15)(H,12,13)/b2-1+. The van der Waals surface area contributed by atoms with Crippen LogP contribution in [0.1, 0.15) is 0 Å². The van der Waals surface area contributed by atoms with Gasteiger partial charge >= 0.3 is 18.0 Å². The summed E-state index contributed by atoms with van der Waals surface area (Å²) in [6.07, 6.45) is 1.53. The number of carbonyl (C=O) groups excluding carboxylic acids is 2. The van der Waals surface area contributed by atoms with Gasteiger partial charge < -0.3 is 20.1 Å². The molecule has 1 rings (SSSR count). The lowest BCUT2D eigenvalue weighted by atomic mass is 10.5. The van der Waals surface area contributed by atoms with Gasteiger partial charge in [0, 0.05) is 25.2 Å².